The maximum atomic E-state index is 12.4. The first-order valence-corrected chi connectivity index (χ1v) is 9.81. The van der Waals surface area contributed by atoms with Crippen molar-refractivity contribution in [3.63, 3.8) is 0 Å². The van der Waals surface area contributed by atoms with Crippen LogP contribution < -0.4 is 0 Å². The minimum absolute atomic E-state index is 0.00284. The van der Waals surface area contributed by atoms with Gasteiger partial charge in [0.2, 0.25) is 5.91 Å². The highest BCUT2D eigenvalue weighted by atomic mass is 32.2. The van der Waals surface area contributed by atoms with Gasteiger partial charge in [0.25, 0.3) is 0 Å². The van der Waals surface area contributed by atoms with Crippen LogP contribution in [-0.2, 0) is 21.2 Å². The van der Waals surface area contributed by atoms with Crippen molar-refractivity contribution in [3.8, 4) is 0 Å². The third kappa shape index (κ3) is 3.58. The quantitative estimate of drug-likeness (QED) is 0.790. The van der Waals surface area contributed by atoms with E-state index in [4.69, 9.17) is 4.52 Å². The van der Waals surface area contributed by atoms with Crippen LogP contribution in [0.2, 0.25) is 0 Å². The second-order valence-corrected chi connectivity index (χ2v) is 8.73. The van der Waals surface area contributed by atoms with Crippen molar-refractivity contribution in [1.29, 1.82) is 0 Å². The van der Waals surface area contributed by atoms with E-state index < -0.39 is 9.84 Å². The molecule has 2 aliphatic rings. The molecule has 3 heterocycles. The number of aryl methyl sites for hydroxylation is 2. The number of nitrogens with zero attached hydrogens (tertiary/aromatic N) is 3. The first-order valence-electron chi connectivity index (χ1n) is 7.99. The molecule has 7 nitrogen and oxygen atoms in total. The lowest BCUT2D eigenvalue weighted by atomic mass is 10.1. The Kier molecular flexibility index (Phi) is 4.46. The predicted molar refractivity (Wildman–Crippen MR) is 84.6 cm³/mol. The molecule has 2 aliphatic heterocycles. The topological polar surface area (TPSA) is 83.7 Å². The molecule has 8 heteroatoms. The van der Waals surface area contributed by atoms with E-state index in [0.29, 0.717) is 19.5 Å². The number of carbonyl (C=O) groups excluding carboxylic acids is 1. The number of hydrogen-bond acceptors (Lipinski definition) is 6. The molecule has 23 heavy (non-hydrogen) atoms. The Morgan fingerprint density at radius 1 is 1.26 bits per heavy atom. The second kappa shape index (κ2) is 6.24. The van der Waals surface area contributed by atoms with Gasteiger partial charge in [0, 0.05) is 38.3 Å². The van der Waals surface area contributed by atoms with Crippen LogP contribution in [0.1, 0.15) is 23.4 Å². The number of amides is 1. The maximum Gasteiger partial charge on any atom is 0.226 e. The van der Waals surface area contributed by atoms with Crippen LogP contribution in [0.15, 0.2) is 4.52 Å². The summed E-state index contributed by atoms with van der Waals surface area (Å²) in [6.45, 7) is 7.50. The second-order valence-electron chi connectivity index (χ2n) is 6.50. The van der Waals surface area contributed by atoms with E-state index in [1.165, 1.54) is 0 Å². The Hall–Kier alpha value is -1.41. The van der Waals surface area contributed by atoms with Gasteiger partial charge in [0.05, 0.1) is 23.1 Å². The minimum Gasteiger partial charge on any atom is -0.361 e. The van der Waals surface area contributed by atoms with Gasteiger partial charge < -0.3 is 9.42 Å². The molecule has 1 aromatic rings. The normalized spacial score (nSPS) is 25.0. The van der Waals surface area contributed by atoms with E-state index in [1.54, 1.807) is 0 Å². The van der Waals surface area contributed by atoms with Gasteiger partial charge >= 0.3 is 0 Å². The molecule has 1 atom stereocenters. The molecule has 0 radical (unpaired) electrons. The molecule has 2 fully saturated rings. The molecule has 0 spiro atoms. The minimum atomic E-state index is -3.01. The molecule has 1 amide bonds. The van der Waals surface area contributed by atoms with E-state index >= 15 is 0 Å². The van der Waals surface area contributed by atoms with Gasteiger partial charge in [0.1, 0.15) is 5.76 Å². The summed E-state index contributed by atoms with van der Waals surface area (Å²) in [4.78, 5) is 16.5. The Balaban J connectivity index is 1.53. The first kappa shape index (κ1) is 16.4. The van der Waals surface area contributed by atoms with Crippen molar-refractivity contribution in [3.05, 3.63) is 17.0 Å². The first-order chi connectivity index (χ1) is 10.9. The predicted octanol–water partition coefficient (Wildman–Crippen LogP) is 0.370. The summed E-state index contributed by atoms with van der Waals surface area (Å²) in [7, 11) is -3.01. The number of piperazine rings is 1. The Morgan fingerprint density at radius 2 is 1.96 bits per heavy atom. The lowest BCUT2D eigenvalue weighted by molar-refractivity contribution is -0.136. The lowest BCUT2D eigenvalue weighted by Crippen LogP contribution is -2.50. The fourth-order valence-corrected chi connectivity index (χ4v) is 5.06. The largest absolute Gasteiger partial charge is 0.361 e. The van der Waals surface area contributed by atoms with Crippen molar-refractivity contribution in [2.75, 3.05) is 37.7 Å². The number of aromatic nitrogens is 1. The highest BCUT2D eigenvalue weighted by Crippen LogP contribution is 2.22. The highest BCUT2D eigenvalue weighted by molar-refractivity contribution is 7.91. The number of carbonyl (C=O) groups is 1. The fraction of sp³-hybridized carbons (Fsp3) is 0.733. The molecule has 0 bridgehead atoms. The zero-order valence-corrected chi connectivity index (χ0v) is 14.4. The third-order valence-electron chi connectivity index (χ3n) is 4.83. The van der Waals surface area contributed by atoms with E-state index in [-0.39, 0.29) is 23.3 Å². The average Bonchev–Trinajstić information content (AvgIpc) is 3.04. The van der Waals surface area contributed by atoms with Gasteiger partial charge in [-0.15, -0.1) is 0 Å². The summed E-state index contributed by atoms with van der Waals surface area (Å²) in [6, 6.07) is 0. The van der Waals surface area contributed by atoms with Gasteiger partial charge in [0.15, 0.2) is 9.84 Å². The molecule has 128 valence electrons. The van der Waals surface area contributed by atoms with E-state index in [1.807, 2.05) is 18.7 Å². The molecular formula is C15H23N3O4S. The monoisotopic (exact) mass is 341 g/mol. The molecular weight excluding hydrogens is 318 g/mol. The molecule has 1 aromatic heterocycles. The van der Waals surface area contributed by atoms with Crippen LogP contribution in [0, 0.1) is 19.8 Å². The molecule has 0 aliphatic carbocycles. The molecule has 0 unspecified atom stereocenters. The van der Waals surface area contributed by atoms with Crippen molar-refractivity contribution in [1.82, 2.24) is 15.0 Å². The summed E-state index contributed by atoms with van der Waals surface area (Å²) in [6.07, 6.45) is 0.473. The van der Waals surface area contributed by atoms with Crippen LogP contribution in [0.5, 0.6) is 0 Å². The van der Waals surface area contributed by atoms with Crippen LogP contribution >= 0.6 is 0 Å². The SMILES string of the molecule is Cc1noc(C)c1CN1CCN(C(=O)[C@H]2CCS(=O)(=O)C2)CC1. The van der Waals surface area contributed by atoms with Gasteiger partial charge in [-0.05, 0) is 20.3 Å². The van der Waals surface area contributed by atoms with E-state index in [2.05, 4.69) is 10.1 Å². The Morgan fingerprint density at radius 3 is 2.48 bits per heavy atom. The van der Waals surface area contributed by atoms with Crippen LogP contribution in [-0.4, -0.2) is 67.0 Å². The molecule has 0 N–H and O–H groups in total. The standard InChI is InChI=1S/C15H23N3O4S/c1-11-14(12(2)22-16-11)9-17-4-6-18(7-5-17)15(19)13-3-8-23(20,21)10-13/h13H,3-10H2,1-2H3/t13-/m0/s1. The number of sulfone groups is 1. The van der Waals surface area contributed by atoms with Crippen molar-refractivity contribution in [2.24, 2.45) is 5.92 Å². The highest BCUT2D eigenvalue weighted by Gasteiger charge is 2.36. The van der Waals surface area contributed by atoms with Gasteiger partial charge in [-0.25, -0.2) is 8.42 Å². The molecule has 0 saturated carbocycles. The Labute approximate surface area is 136 Å². The van der Waals surface area contributed by atoms with Crippen molar-refractivity contribution >= 4 is 15.7 Å². The van der Waals surface area contributed by atoms with Crippen molar-refractivity contribution < 1.29 is 17.7 Å². The molecule has 2 saturated heterocycles. The smallest absolute Gasteiger partial charge is 0.226 e. The number of hydrogen-bond donors (Lipinski definition) is 0. The third-order valence-corrected chi connectivity index (χ3v) is 6.60. The van der Waals surface area contributed by atoms with Crippen LogP contribution in [0.25, 0.3) is 0 Å². The molecule has 0 aromatic carbocycles. The summed E-state index contributed by atoms with van der Waals surface area (Å²) in [5, 5.41) is 3.97. The summed E-state index contributed by atoms with van der Waals surface area (Å²) >= 11 is 0. The van der Waals surface area contributed by atoms with Gasteiger partial charge in [-0.3, -0.25) is 9.69 Å². The zero-order valence-electron chi connectivity index (χ0n) is 13.6. The molecule has 3 rings (SSSR count). The van der Waals surface area contributed by atoms with Crippen LogP contribution in [0.4, 0.5) is 0 Å². The van der Waals surface area contributed by atoms with E-state index in [9.17, 15) is 13.2 Å². The average molecular weight is 341 g/mol. The van der Waals surface area contributed by atoms with Gasteiger partial charge in [-0.2, -0.15) is 0 Å². The van der Waals surface area contributed by atoms with E-state index in [0.717, 1.165) is 36.7 Å². The fourth-order valence-electron chi connectivity index (χ4n) is 3.33. The van der Waals surface area contributed by atoms with Gasteiger partial charge in [-0.1, -0.05) is 5.16 Å². The Bertz CT molecular complexity index is 670. The summed E-state index contributed by atoms with van der Waals surface area (Å²) in [5.74, 6) is 0.676. The summed E-state index contributed by atoms with van der Waals surface area (Å²) < 4.78 is 28.2. The zero-order chi connectivity index (χ0) is 16.6. The number of rotatable bonds is 3. The lowest BCUT2D eigenvalue weighted by Gasteiger charge is -2.35. The summed E-state index contributed by atoms with van der Waals surface area (Å²) in [5.41, 5.74) is 2.03. The van der Waals surface area contributed by atoms with Crippen molar-refractivity contribution in [2.45, 2.75) is 26.8 Å². The maximum absolute atomic E-state index is 12.4. The van der Waals surface area contributed by atoms with Crippen LogP contribution in [0.3, 0.4) is 0 Å².